The average molecular weight is 291 g/mol. The summed E-state index contributed by atoms with van der Waals surface area (Å²) >= 11 is -3.52. The van der Waals surface area contributed by atoms with Crippen LogP contribution in [-0.2, 0) is 3.02 Å². The summed E-state index contributed by atoms with van der Waals surface area (Å²) in [5, 5.41) is 26.2. The molecule has 0 aliphatic carbocycles. The minimum atomic E-state index is -3.52. The van der Waals surface area contributed by atoms with Gasteiger partial charge in [-0.2, -0.15) is 0 Å². The maximum absolute atomic E-state index is 8.75. The summed E-state index contributed by atoms with van der Waals surface area (Å²) in [6, 6.07) is 0. The first kappa shape index (κ1) is 12.6. The van der Waals surface area contributed by atoms with Crippen LogP contribution in [0.3, 0.4) is 0 Å². The van der Waals surface area contributed by atoms with Gasteiger partial charge in [-0.3, -0.25) is 0 Å². The standard InChI is InChI=1S/C5H11O4.2H2O.Sb/c6-1-5(2-7,3-8)4-9;;;/h6-8H,1-4H2;2*1H2;/q-1;;;+3/p-2. The Kier molecular flexibility index (Phi) is 6.39. The van der Waals surface area contributed by atoms with Crippen LogP contribution in [0, 0.1) is 5.41 Å². The predicted molar refractivity (Wildman–Crippen MR) is 39.8 cm³/mol. The van der Waals surface area contributed by atoms with Gasteiger partial charge < -0.3 is 0 Å². The molecule has 0 aromatic rings. The van der Waals surface area contributed by atoms with Crippen molar-refractivity contribution in [2.75, 3.05) is 26.4 Å². The Morgan fingerprint density at radius 2 is 1.42 bits per heavy atom. The Bertz CT molecular complexity index is 106. The molecule has 12 heavy (non-hydrogen) atoms. The first-order valence-electron chi connectivity index (χ1n) is 3.23. The molecule has 0 amide bonds. The Morgan fingerprint density at radius 1 is 1.00 bits per heavy atom. The van der Waals surface area contributed by atoms with Crippen LogP contribution < -0.4 is 0 Å². The second-order valence-corrected chi connectivity index (χ2v) is 4.68. The number of hydrogen-bond acceptors (Lipinski definition) is 6. The number of rotatable bonds is 6. The normalized spacial score (nSPS) is 12.5. The summed E-state index contributed by atoms with van der Waals surface area (Å²) in [7, 11) is 0. The minimum absolute atomic E-state index is 0.244. The van der Waals surface area contributed by atoms with Gasteiger partial charge in [0.2, 0.25) is 0 Å². The molecular formula is C5H13O6Sb. The van der Waals surface area contributed by atoms with Crippen LogP contribution in [0.5, 0.6) is 0 Å². The summed E-state index contributed by atoms with van der Waals surface area (Å²) in [5.74, 6) is 0. The number of aliphatic hydroxyl groups is 3. The van der Waals surface area contributed by atoms with Crippen LogP contribution in [0.1, 0.15) is 0 Å². The van der Waals surface area contributed by atoms with E-state index in [0.29, 0.717) is 0 Å². The molecule has 0 radical (unpaired) electrons. The molecule has 0 saturated heterocycles. The second kappa shape index (κ2) is 6.10. The van der Waals surface area contributed by atoms with Gasteiger partial charge in [0.15, 0.2) is 0 Å². The van der Waals surface area contributed by atoms with Gasteiger partial charge in [0.05, 0.1) is 0 Å². The summed E-state index contributed by atoms with van der Waals surface area (Å²) in [5.41, 5.74) is -1.17. The van der Waals surface area contributed by atoms with Crippen molar-refractivity contribution in [3.05, 3.63) is 0 Å². The van der Waals surface area contributed by atoms with Crippen LogP contribution in [0.4, 0.5) is 0 Å². The van der Waals surface area contributed by atoms with Gasteiger partial charge in [-0.05, 0) is 0 Å². The Morgan fingerprint density at radius 3 is 1.67 bits per heavy atom. The zero-order valence-corrected chi connectivity index (χ0v) is 8.97. The molecule has 0 rings (SSSR count). The van der Waals surface area contributed by atoms with E-state index in [-0.39, 0.29) is 6.61 Å². The molecule has 0 spiro atoms. The fourth-order valence-corrected chi connectivity index (χ4v) is 1.59. The van der Waals surface area contributed by atoms with Gasteiger partial charge in [0.25, 0.3) is 0 Å². The van der Waals surface area contributed by atoms with Gasteiger partial charge in [-0.25, -0.2) is 0 Å². The van der Waals surface area contributed by atoms with Crippen molar-refractivity contribution in [2.45, 2.75) is 0 Å². The van der Waals surface area contributed by atoms with Gasteiger partial charge in [-0.1, -0.05) is 0 Å². The third-order valence-corrected chi connectivity index (χ3v) is 2.52. The van der Waals surface area contributed by atoms with Crippen molar-refractivity contribution in [3.8, 4) is 0 Å². The van der Waals surface area contributed by atoms with E-state index in [1.54, 1.807) is 0 Å². The molecule has 0 heterocycles. The molecule has 0 bridgehead atoms. The van der Waals surface area contributed by atoms with E-state index in [4.69, 9.17) is 22.1 Å². The van der Waals surface area contributed by atoms with E-state index in [9.17, 15) is 0 Å². The number of aliphatic hydroxyl groups excluding tert-OH is 3. The van der Waals surface area contributed by atoms with Crippen molar-refractivity contribution in [2.24, 2.45) is 5.41 Å². The maximum atomic E-state index is 8.75. The third kappa shape index (κ3) is 4.00. The van der Waals surface area contributed by atoms with Crippen molar-refractivity contribution in [1.29, 1.82) is 0 Å². The van der Waals surface area contributed by atoms with Crippen LogP contribution in [0.25, 0.3) is 0 Å². The Hall–Kier alpha value is 0.578. The zero-order valence-electron chi connectivity index (χ0n) is 6.42. The van der Waals surface area contributed by atoms with Crippen molar-refractivity contribution >= 4 is 21.5 Å². The fourth-order valence-electron chi connectivity index (χ4n) is 0.482. The molecule has 0 aliphatic heterocycles. The molecule has 5 N–H and O–H groups in total. The van der Waals surface area contributed by atoms with E-state index < -0.39 is 46.7 Å². The summed E-state index contributed by atoms with van der Waals surface area (Å²) in [4.78, 5) is 0. The Balaban J connectivity index is 3.93. The molecule has 6 nitrogen and oxygen atoms in total. The van der Waals surface area contributed by atoms with Gasteiger partial charge in [0.1, 0.15) is 0 Å². The first-order valence-corrected chi connectivity index (χ1v) is 6.56. The molecule has 7 heteroatoms. The monoisotopic (exact) mass is 290 g/mol. The van der Waals surface area contributed by atoms with E-state index in [1.165, 1.54) is 0 Å². The third-order valence-electron chi connectivity index (χ3n) is 1.49. The van der Waals surface area contributed by atoms with Gasteiger partial charge >= 0.3 is 78.4 Å². The van der Waals surface area contributed by atoms with E-state index in [2.05, 4.69) is 3.02 Å². The molecule has 0 saturated carbocycles. The number of hydrogen-bond donors (Lipinski definition) is 5. The quantitative estimate of drug-likeness (QED) is 0.332. The molecule has 0 atom stereocenters. The summed E-state index contributed by atoms with van der Waals surface area (Å²) in [6.45, 7) is -1.64. The van der Waals surface area contributed by atoms with Gasteiger partial charge in [-0.15, -0.1) is 0 Å². The molecule has 74 valence electrons. The first-order chi connectivity index (χ1) is 5.60. The van der Waals surface area contributed by atoms with Crippen molar-refractivity contribution in [3.63, 3.8) is 0 Å². The van der Waals surface area contributed by atoms with Crippen LogP contribution in [0.15, 0.2) is 0 Å². The zero-order chi connectivity index (χ0) is 9.61. The molecular weight excluding hydrogens is 278 g/mol. The van der Waals surface area contributed by atoms with Crippen LogP contribution in [-0.4, -0.2) is 70.0 Å². The SMILES string of the molecule is OCC(CO)(CO)C[O][Sb]([OH])[OH]. The van der Waals surface area contributed by atoms with Gasteiger partial charge in [0, 0.05) is 0 Å². The summed E-state index contributed by atoms with van der Waals surface area (Å²) in [6.07, 6.45) is 0. The summed E-state index contributed by atoms with van der Waals surface area (Å²) < 4.78 is 21.4. The molecule has 0 aromatic carbocycles. The topological polar surface area (TPSA) is 110 Å². The molecule has 0 fully saturated rings. The predicted octanol–water partition coefficient (Wildman–Crippen LogP) is -3.06. The molecule has 0 aliphatic rings. The van der Waals surface area contributed by atoms with E-state index in [0.717, 1.165) is 0 Å². The van der Waals surface area contributed by atoms with Crippen LogP contribution >= 0.6 is 0 Å². The molecule has 0 aromatic heterocycles. The molecule has 0 unspecified atom stereocenters. The van der Waals surface area contributed by atoms with E-state index >= 15 is 0 Å². The van der Waals surface area contributed by atoms with Crippen molar-refractivity contribution < 1.29 is 25.1 Å². The fraction of sp³-hybridized carbons (Fsp3) is 1.00. The second-order valence-electron chi connectivity index (χ2n) is 2.50. The van der Waals surface area contributed by atoms with E-state index in [1.807, 2.05) is 0 Å². The average Bonchev–Trinajstić information content (AvgIpc) is 2.08. The Labute approximate surface area is 78.7 Å². The van der Waals surface area contributed by atoms with Crippen molar-refractivity contribution in [1.82, 2.24) is 0 Å². The van der Waals surface area contributed by atoms with Crippen LogP contribution in [0.2, 0.25) is 0 Å².